The van der Waals surface area contributed by atoms with Crippen molar-refractivity contribution < 1.29 is 22.8 Å². The van der Waals surface area contributed by atoms with E-state index in [1.165, 1.54) is 6.07 Å². The van der Waals surface area contributed by atoms with Crippen LogP contribution in [0.1, 0.15) is 11.1 Å². The molecule has 1 aliphatic heterocycles. The average Bonchev–Trinajstić information content (AvgIpc) is 2.97. The molecule has 0 unspecified atom stereocenters. The number of anilines is 1. The molecule has 0 radical (unpaired) electrons. The normalized spacial score (nSPS) is 15.9. The molecule has 1 aliphatic rings. The average molecular weight is 483 g/mol. The molecule has 3 rings (SSSR count). The smallest absolute Gasteiger partial charge is 0.325 e. The zero-order valence-corrected chi connectivity index (χ0v) is 18.0. The molecular weight excluding hydrogens is 469 g/mol. The van der Waals surface area contributed by atoms with Crippen LogP contribution in [-0.4, -0.2) is 27.6 Å². The van der Waals surface area contributed by atoms with Crippen LogP contribution in [-0.2, 0) is 15.8 Å². The lowest BCUT2D eigenvalue weighted by molar-refractivity contribution is -0.137. The zero-order chi connectivity index (χ0) is 22.6. The molecule has 160 valence electrons. The van der Waals surface area contributed by atoms with Crippen molar-refractivity contribution >= 4 is 63.5 Å². The number of amides is 2. The lowest BCUT2D eigenvalue weighted by Crippen LogP contribution is -2.36. The Morgan fingerprint density at radius 3 is 2.58 bits per heavy atom. The highest BCUT2D eigenvalue weighted by atomic mass is 35.5. The van der Waals surface area contributed by atoms with Crippen molar-refractivity contribution in [3.8, 4) is 0 Å². The number of allylic oxidation sites excluding steroid dienone is 2. The standard InChI is InChI=1S/C21H14ClF3N2O2S2/c22-16-10-9-14(11-15(16)21(23,24)25)26-18(28)12-27-19(29)17(31-20(27)30)8-4-7-13-5-2-1-3-6-13/h1-11H,12H2,(H,26,28)/b7-4+,17-8-. The van der Waals surface area contributed by atoms with E-state index in [0.717, 1.165) is 34.4 Å². The molecule has 1 N–H and O–H groups in total. The van der Waals surface area contributed by atoms with Crippen LogP contribution < -0.4 is 5.32 Å². The van der Waals surface area contributed by atoms with Gasteiger partial charge in [0.15, 0.2) is 0 Å². The number of carbonyl (C=O) groups is 2. The summed E-state index contributed by atoms with van der Waals surface area (Å²) in [6.07, 6.45) is 0.457. The fraction of sp³-hybridized carbons (Fsp3) is 0.0952. The van der Waals surface area contributed by atoms with Crippen molar-refractivity contribution in [1.29, 1.82) is 0 Å². The van der Waals surface area contributed by atoms with E-state index in [1.54, 1.807) is 12.2 Å². The summed E-state index contributed by atoms with van der Waals surface area (Å²) in [5, 5.41) is 1.86. The highest BCUT2D eigenvalue weighted by Gasteiger charge is 2.34. The largest absolute Gasteiger partial charge is 0.417 e. The number of halogens is 4. The molecule has 0 aromatic heterocycles. The Labute approximate surface area is 190 Å². The monoisotopic (exact) mass is 482 g/mol. The molecule has 0 saturated carbocycles. The van der Waals surface area contributed by atoms with Gasteiger partial charge in [0.25, 0.3) is 5.91 Å². The second kappa shape index (κ2) is 9.67. The Hall–Kier alpha value is -2.62. The first-order valence-electron chi connectivity index (χ1n) is 8.79. The summed E-state index contributed by atoms with van der Waals surface area (Å²) in [5.41, 5.74) is -0.200. The van der Waals surface area contributed by atoms with E-state index >= 15 is 0 Å². The van der Waals surface area contributed by atoms with Crippen LogP contribution in [0.4, 0.5) is 18.9 Å². The van der Waals surface area contributed by atoms with Gasteiger partial charge in [-0.05, 0) is 29.8 Å². The van der Waals surface area contributed by atoms with Crippen molar-refractivity contribution in [2.75, 3.05) is 11.9 Å². The van der Waals surface area contributed by atoms with Crippen molar-refractivity contribution in [2.45, 2.75) is 6.18 Å². The zero-order valence-electron chi connectivity index (χ0n) is 15.7. The number of thiocarbonyl (C=S) groups is 1. The first kappa shape index (κ1) is 23.1. The van der Waals surface area contributed by atoms with Gasteiger partial charge in [-0.3, -0.25) is 14.5 Å². The third-order valence-electron chi connectivity index (χ3n) is 4.07. The summed E-state index contributed by atoms with van der Waals surface area (Å²) in [5.74, 6) is -1.14. The molecule has 4 nitrogen and oxygen atoms in total. The second-order valence-electron chi connectivity index (χ2n) is 6.30. The molecule has 0 atom stereocenters. The number of thioether (sulfide) groups is 1. The predicted molar refractivity (Wildman–Crippen MR) is 121 cm³/mol. The van der Waals surface area contributed by atoms with Crippen LogP contribution in [0, 0.1) is 0 Å². The highest BCUT2D eigenvalue weighted by molar-refractivity contribution is 8.26. The molecule has 0 bridgehead atoms. The van der Waals surface area contributed by atoms with Gasteiger partial charge in [0.2, 0.25) is 5.91 Å². The third-order valence-corrected chi connectivity index (χ3v) is 5.79. The lowest BCUT2D eigenvalue weighted by atomic mass is 10.2. The van der Waals surface area contributed by atoms with E-state index in [0.29, 0.717) is 4.91 Å². The van der Waals surface area contributed by atoms with Crippen molar-refractivity contribution in [1.82, 2.24) is 4.90 Å². The SMILES string of the molecule is O=C(CN1C(=O)/C(=C/C=C/c2ccccc2)SC1=S)Nc1ccc(Cl)c(C(F)(F)F)c1. The molecular formula is C21H14ClF3N2O2S2. The topological polar surface area (TPSA) is 49.4 Å². The number of rotatable bonds is 5. The van der Waals surface area contributed by atoms with Gasteiger partial charge < -0.3 is 5.32 Å². The maximum Gasteiger partial charge on any atom is 0.417 e. The number of hydrogen-bond donors (Lipinski definition) is 1. The molecule has 31 heavy (non-hydrogen) atoms. The fourth-order valence-electron chi connectivity index (χ4n) is 2.63. The Balaban J connectivity index is 1.65. The first-order chi connectivity index (χ1) is 14.6. The lowest BCUT2D eigenvalue weighted by Gasteiger charge is -2.15. The molecule has 1 heterocycles. The van der Waals surface area contributed by atoms with E-state index in [-0.39, 0.29) is 10.0 Å². The van der Waals surface area contributed by atoms with Crippen LogP contribution in [0.15, 0.2) is 65.6 Å². The number of nitrogens with zero attached hydrogens (tertiary/aromatic N) is 1. The van der Waals surface area contributed by atoms with E-state index in [2.05, 4.69) is 5.32 Å². The second-order valence-corrected chi connectivity index (χ2v) is 8.38. The highest BCUT2D eigenvalue weighted by Crippen LogP contribution is 2.36. The molecule has 2 aromatic rings. The van der Waals surface area contributed by atoms with E-state index in [1.807, 2.05) is 36.4 Å². The van der Waals surface area contributed by atoms with Crippen LogP contribution in [0.25, 0.3) is 6.08 Å². The van der Waals surface area contributed by atoms with E-state index in [4.69, 9.17) is 23.8 Å². The molecule has 0 aliphatic carbocycles. The predicted octanol–water partition coefficient (Wildman–Crippen LogP) is 5.75. The van der Waals surface area contributed by atoms with Gasteiger partial charge >= 0.3 is 6.18 Å². The number of alkyl halides is 3. The molecule has 2 amide bonds. The summed E-state index contributed by atoms with van der Waals surface area (Å²) in [6, 6.07) is 12.5. The van der Waals surface area contributed by atoms with Gasteiger partial charge in [-0.25, -0.2) is 0 Å². The van der Waals surface area contributed by atoms with E-state index in [9.17, 15) is 22.8 Å². The van der Waals surface area contributed by atoms with Gasteiger partial charge in [0.1, 0.15) is 10.9 Å². The minimum Gasteiger partial charge on any atom is -0.325 e. The van der Waals surface area contributed by atoms with Gasteiger partial charge in [-0.1, -0.05) is 78.1 Å². The summed E-state index contributed by atoms with van der Waals surface area (Å²) in [7, 11) is 0. The number of hydrogen-bond acceptors (Lipinski definition) is 4. The Morgan fingerprint density at radius 2 is 1.90 bits per heavy atom. The Kier molecular flexibility index (Phi) is 7.19. The summed E-state index contributed by atoms with van der Waals surface area (Å²) in [4.78, 5) is 26.3. The quantitative estimate of drug-likeness (QED) is 0.435. The van der Waals surface area contributed by atoms with Crippen molar-refractivity contribution in [2.24, 2.45) is 0 Å². The molecule has 2 aromatic carbocycles. The summed E-state index contributed by atoms with van der Waals surface area (Å²) >= 11 is 11.8. The van der Waals surface area contributed by atoms with Gasteiger partial charge in [0, 0.05) is 5.69 Å². The Morgan fingerprint density at radius 1 is 1.19 bits per heavy atom. The molecule has 10 heteroatoms. The minimum atomic E-state index is -4.66. The number of benzene rings is 2. The fourth-order valence-corrected chi connectivity index (χ4v) is 4.06. The van der Waals surface area contributed by atoms with Crippen molar-refractivity contribution in [3.63, 3.8) is 0 Å². The molecule has 1 saturated heterocycles. The number of carbonyl (C=O) groups excluding carboxylic acids is 2. The van der Waals surface area contributed by atoms with Gasteiger partial charge in [0.05, 0.1) is 15.5 Å². The third kappa shape index (κ3) is 5.96. The molecule has 0 spiro atoms. The van der Waals surface area contributed by atoms with E-state index < -0.39 is 35.1 Å². The van der Waals surface area contributed by atoms with Crippen LogP contribution in [0.2, 0.25) is 5.02 Å². The minimum absolute atomic E-state index is 0.0893. The first-order valence-corrected chi connectivity index (χ1v) is 10.4. The number of nitrogens with one attached hydrogen (secondary N) is 1. The summed E-state index contributed by atoms with van der Waals surface area (Å²) in [6.45, 7) is -0.422. The molecule has 1 fully saturated rings. The van der Waals surface area contributed by atoms with Crippen molar-refractivity contribution in [3.05, 3.63) is 81.7 Å². The Bertz CT molecular complexity index is 1090. The van der Waals surface area contributed by atoms with Crippen LogP contribution in [0.5, 0.6) is 0 Å². The van der Waals surface area contributed by atoms with Gasteiger partial charge in [-0.15, -0.1) is 0 Å². The van der Waals surface area contributed by atoms with Gasteiger partial charge in [-0.2, -0.15) is 13.2 Å². The summed E-state index contributed by atoms with van der Waals surface area (Å²) < 4.78 is 39.1. The maximum atomic E-state index is 13.0. The van der Waals surface area contributed by atoms with Crippen LogP contribution >= 0.6 is 35.6 Å². The maximum absolute atomic E-state index is 13.0. The van der Waals surface area contributed by atoms with Crippen LogP contribution in [0.3, 0.4) is 0 Å².